The van der Waals surface area contributed by atoms with Crippen LogP contribution in [0.25, 0.3) is 11.4 Å². The number of aliphatic hydroxyl groups excluding tert-OH is 1. The van der Waals surface area contributed by atoms with E-state index in [4.69, 9.17) is 9.26 Å². The lowest BCUT2D eigenvalue weighted by atomic mass is 9.96. The van der Waals surface area contributed by atoms with Crippen molar-refractivity contribution >= 4 is 0 Å². The van der Waals surface area contributed by atoms with Gasteiger partial charge >= 0.3 is 0 Å². The number of likely N-dealkylation sites (tertiary alicyclic amines) is 1. The lowest BCUT2D eigenvalue weighted by Crippen LogP contribution is -2.46. The minimum absolute atomic E-state index is 0.181. The van der Waals surface area contributed by atoms with Crippen LogP contribution in [0.1, 0.15) is 38.5 Å². The SMILES string of the molecule is CCC(O)C1CCCCN1Cc1nc(-c2ccc(OC)cc2)no1. The highest BCUT2D eigenvalue weighted by Crippen LogP contribution is 2.24. The van der Waals surface area contributed by atoms with Crippen LogP contribution >= 0.6 is 0 Å². The largest absolute Gasteiger partial charge is 0.497 e. The molecule has 2 atom stereocenters. The number of piperidine rings is 1. The van der Waals surface area contributed by atoms with Gasteiger partial charge in [-0.3, -0.25) is 4.90 Å². The summed E-state index contributed by atoms with van der Waals surface area (Å²) in [5, 5.41) is 14.3. The van der Waals surface area contributed by atoms with Crippen molar-refractivity contribution in [2.45, 2.75) is 51.3 Å². The number of ether oxygens (including phenoxy) is 1. The molecule has 0 radical (unpaired) electrons. The number of rotatable bonds is 6. The van der Waals surface area contributed by atoms with Crippen molar-refractivity contribution in [3.63, 3.8) is 0 Å². The Morgan fingerprint density at radius 1 is 1.33 bits per heavy atom. The number of nitrogens with zero attached hydrogens (tertiary/aromatic N) is 3. The number of hydrogen-bond acceptors (Lipinski definition) is 6. The summed E-state index contributed by atoms with van der Waals surface area (Å²) in [6, 6.07) is 7.77. The second-order valence-electron chi connectivity index (χ2n) is 6.25. The van der Waals surface area contributed by atoms with Crippen molar-refractivity contribution in [3.05, 3.63) is 30.2 Å². The van der Waals surface area contributed by atoms with Gasteiger partial charge in [0, 0.05) is 11.6 Å². The van der Waals surface area contributed by atoms with Gasteiger partial charge in [-0.2, -0.15) is 4.98 Å². The van der Waals surface area contributed by atoms with Crippen molar-refractivity contribution in [1.29, 1.82) is 0 Å². The Labute approximate surface area is 142 Å². The molecule has 2 heterocycles. The summed E-state index contributed by atoms with van der Waals surface area (Å²) in [6.07, 6.45) is 3.80. The maximum Gasteiger partial charge on any atom is 0.241 e. The van der Waals surface area contributed by atoms with Crippen LogP contribution in [0.4, 0.5) is 0 Å². The summed E-state index contributed by atoms with van der Waals surface area (Å²) < 4.78 is 10.6. The first-order valence-corrected chi connectivity index (χ1v) is 8.60. The molecule has 1 aromatic heterocycles. The van der Waals surface area contributed by atoms with E-state index in [9.17, 15) is 5.11 Å². The third-order valence-electron chi connectivity index (χ3n) is 4.68. The molecule has 1 saturated heterocycles. The predicted octanol–water partition coefficient (Wildman–Crippen LogP) is 2.87. The minimum atomic E-state index is -0.297. The molecular weight excluding hydrogens is 306 g/mol. The van der Waals surface area contributed by atoms with Gasteiger partial charge in [0.1, 0.15) is 5.75 Å². The van der Waals surface area contributed by atoms with Gasteiger partial charge in [0.05, 0.1) is 19.8 Å². The monoisotopic (exact) mass is 331 g/mol. The molecule has 6 nitrogen and oxygen atoms in total. The van der Waals surface area contributed by atoms with Crippen LogP contribution in [0.2, 0.25) is 0 Å². The molecule has 1 fully saturated rings. The minimum Gasteiger partial charge on any atom is -0.497 e. The van der Waals surface area contributed by atoms with Crippen LogP contribution in [-0.4, -0.2) is 45.9 Å². The van der Waals surface area contributed by atoms with Crippen molar-refractivity contribution in [2.75, 3.05) is 13.7 Å². The Bertz CT molecular complexity index is 641. The Morgan fingerprint density at radius 2 is 2.12 bits per heavy atom. The number of hydrogen-bond donors (Lipinski definition) is 1. The normalized spacial score (nSPS) is 20.0. The van der Waals surface area contributed by atoms with Crippen molar-refractivity contribution in [1.82, 2.24) is 15.0 Å². The number of benzene rings is 1. The van der Waals surface area contributed by atoms with E-state index in [1.807, 2.05) is 31.2 Å². The fraction of sp³-hybridized carbons (Fsp3) is 0.556. The van der Waals surface area contributed by atoms with E-state index in [1.54, 1.807) is 7.11 Å². The van der Waals surface area contributed by atoms with Crippen LogP contribution < -0.4 is 4.74 Å². The van der Waals surface area contributed by atoms with Gasteiger partial charge < -0.3 is 14.4 Å². The zero-order valence-electron chi connectivity index (χ0n) is 14.3. The van der Waals surface area contributed by atoms with Gasteiger partial charge in [-0.15, -0.1) is 0 Å². The Hall–Kier alpha value is -1.92. The summed E-state index contributed by atoms with van der Waals surface area (Å²) in [5.41, 5.74) is 0.898. The van der Waals surface area contributed by atoms with Crippen molar-refractivity contribution in [2.24, 2.45) is 0 Å². The Kier molecular flexibility index (Phi) is 5.48. The van der Waals surface area contributed by atoms with Gasteiger partial charge in [-0.05, 0) is 50.1 Å². The maximum absolute atomic E-state index is 10.2. The van der Waals surface area contributed by atoms with Crippen LogP contribution in [0.3, 0.4) is 0 Å². The van der Waals surface area contributed by atoms with Crippen LogP contribution in [-0.2, 0) is 6.54 Å². The predicted molar refractivity (Wildman–Crippen MR) is 90.6 cm³/mol. The number of methoxy groups -OCH3 is 1. The smallest absolute Gasteiger partial charge is 0.241 e. The molecule has 1 N–H and O–H groups in total. The highest BCUT2D eigenvalue weighted by molar-refractivity contribution is 5.55. The second-order valence-corrected chi connectivity index (χ2v) is 6.25. The average Bonchev–Trinajstić information content (AvgIpc) is 3.10. The maximum atomic E-state index is 10.2. The zero-order valence-corrected chi connectivity index (χ0v) is 14.3. The first kappa shape index (κ1) is 16.9. The van der Waals surface area contributed by atoms with Gasteiger partial charge in [-0.1, -0.05) is 18.5 Å². The Morgan fingerprint density at radius 3 is 2.83 bits per heavy atom. The fourth-order valence-electron chi connectivity index (χ4n) is 3.27. The zero-order chi connectivity index (χ0) is 16.9. The molecule has 24 heavy (non-hydrogen) atoms. The quantitative estimate of drug-likeness (QED) is 0.877. The molecule has 0 aliphatic carbocycles. The van der Waals surface area contributed by atoms with Crippen molar-refractivity contribution in [3.8, 4) is 17.1 Å². The van der Waals surface area contributed by atoms with Crippen LogP contribution in [0.5, 0.6) is 5.75 Å². The third kappa shape index (κ3) is 3.76. The van der Waals surface area contributed by atoms with Gasteiger partial charge in [-0.25, -0.2) is 0 Å². The second kappa shape index (κ2) is 7.77. The van der Waals surface area contributed by atoms with E-state index < -0.39 is 0 Å². The molecule has 0 amide bonds. The molecule has 1 aliphatic rings. The van der Waals surface area contributed by atoms with Crippen molar-refractivity contribution < 1.29 is 14.4 Å². The molecule has 0 bridgehead atoms. The molecule has 0 saturated carbocycles. The fourth-order valence-corrected chi connectivity index (χ4v) is 3.27. The van der Waals surface area contributed by atoms with E-state index in [1.165, 1.54) is 6.42 Å². The highest BCUT2D eigenvalue weighted by atomic mass is 16.5. The van der Waals surface area contributed by atoms with Gasteiger partial charge in [0.2, 0.25) is 11.7 Å². The summed E-state index contributed by atoms with van der Waals surface area (Å²) in [4.78, 5) is 6.77. The topological polar surface area (TPSA) is 71.6 Å². The summed E-state index contributed by atoms with van der Waals surface area (Å²) in [7, 11) is 1.64. The first-order chi connectivity index (χ1) is 11.7. The molecular formula is C18H25N3O3. The van der Waals surface area contributed by atoms with Gasteiger partial charge in [0.15, 0.2) is 0 Å². The molecule has 3 rings (SSSR count). The van der Waals surface area contributed by atoms with E-state index in [-0.39, 0.29) is 12.1 Å². The molecule has 130 valence electrons. The summed E-state index contributed by atoms with van der Waals surface area (Å²) in [6.45, 7) is 3.57. The number of aromatic nitrogens is 2. The van der Waals surface area contributed by atoms with E-state index >= 15 is 0 Å². The standard InChI is InChI=1S/C18H25N3O3/c1-3-16(22)15-6-4-5-11-21(15)12-17-19-18(20-24-17)13-7-9-14(23-2)10-8-13/h7-10,15-16,22H,3-6,11-12H2,1-2H3. The summed E-state index contributed by atoms with van der Waals surface area (Å²) in [5.74, 6) is 1.97. The molecule has 2 aromatic rings. The molecule has 6 heteroatoms. The van der Waals surface area contributed by atoms with E-state index in [0.717, 1.165) is 37.1 Å². The lowest BCUT2D eigenvalue weighted by Gasteiger charge is -2.37. The first-order valence-electron chi connectivity index (χ1n) is 8.60. The molecule has 1 aromatic carbocycles. The average molecular weight is 331 g/mol. The van der Waals surface area contributed by atoms with Crippen LogP contribution in [0.15, 0.2) is 28.8 Å². The highest BCUT2D eigenvalue weighted by Gasteiger charge is 2.29. The lowest BCUT2D eigenvalue weighted by molar-refractivity contribution is 0.0145. The van der Waals surface area contributed by atoms with E-state index in [0.29, 0.717) is 18.3 Å². The third-order valence-corrected chi connectivity index (χ3v) is 4.68. The summed E-state index contributed by atoms with van der Waals surface area (Å²) >= 11 is 0. The van der Waals surface area contributed by atoms with Gasteiger partial charge in [0.25, 0.3) is 0 Å². The molecule has 0 spiro atoms. The number of aliphatic hydroxyl groups is 1. The molecule has 1 aliphatic heterocycles. The molecule has 2 unspecified atom stereocenters. The van der Waals surface area contributed by atoms with Crippen LogP contribution in [0, 0.1) is 0 Å². The van der Waals surface area contributed by atoms with E-state index in [2.05, 4.69) is 15.0 Å². The Balaban J connectivity index is 1.70.